The van der Waals surface area contributed by atoms with Crippen LogP contribution in [0.1, 0.15) is 46.2 Å². The Morgan fingerprint density at radius 3 is 2.60 bits per heavy atom. The van der Waals surface area contributed by atoms with Gasteiger partial charge in [-0.2, -0.15) is 0 Å². The molecule has 1 aliphatic heterocycles. The first-order valence-corrected chi connectivity index (χ1v) is 8.85. The van der Waals surface area contributed by atoms with Gasteiger partial charge in [-0.1, -0.05) is 19.0 Å². The molecule has 2 rings (SSSR count). The molecule has 7 heteroatoms. The van der Waals surface area contributed by atoms with Crippen LogP contribution in [0.5, 0.6) is 0 Å². The summed E-state index contributed by atoms with van der Waals surface area (Å²) < 4.78 is 10.6. The molecule has 1 saturated heterocycles. The summed E-state index contributed by atoms with van der Waals surface area (Å²) in [4.78, 5) is 14.8. The maximum Gasteiger partial charge on any atom is 0.246 e. The van der Waals surface area contributed by atoms with Crippen molar-refractivity contribution in [1.82, 2.24) is 10.1 Å². The molecule has 1 aromatic rings. The minimum atomic E-state index is -0.683. The van der Waals surface area contributed by atoms with Crippen LogP contribution in [0.25, 0.3) is 0 Å². The second-order valence-electron chi connectivity index (χ2n) is 8.07. The molecule has 2 N–H and O–H groups in total. The molecule has 1 aliphatic rings. The van der Waals surface area contributed by atoms with Crippen LogP contribution in [-0.2, 0) is 14.9 Å². The van der Waals surface area contributed by atoms with E-state index >= 15 is 0 Å². The van der Waals surface area contributed by atoms with E-state index in [1.807, 2.05) is 34.7 Å². The van der Waals surface area contributed by atoms with Crippen molar-refractivity contribution in [3.63, 3.8) is 0 Å². The number of carbonyl (C=O) groups excluding carboxylic acids is 1. The summed E-state index contributed by atoms with van der Waals surface area (Å²) in [5, 5.41) is 16.2. The van der Waals surface area contributed by atoms with Crippen molar-refractivity contribution in [3.05, 3.63) is 11.8 Å². The van der Waals surface area contributed by atoms with Gasteiger partial charge in [-0.25, -0.2) is 0 Å². The van der Waals surface area contributed by atoms with E-state index in [1.165, 1.54) is 0 Å². The topological polar surface area (TPSA) is 87.8 Å². The van der Waals surface area contributed by atoms with Crippen molar-refractivity contribution in [2.75, 3.05) is 38.7 Å². The summed E-state index contributed by atoms with van der Waals surface area (Å²) in [5.41, 5.74) is -0.585. The first kappa shape index (κ1) is 19.9. The lowest BCUT2D eigenvalue weighted by molar-refractivity contribution is -0.126. The average Bonchev–Trinajstić information content (AvgIpc) is 3.05. The molecule has 1 amide bonds. The molecular weight excluding hydrogens is 322 g/mol. The summed E-state index contributed by atoms with van der Waals surface area (Å²) in [6.07, 6.45) is 2.06. The Hall–Kier alpha value is -1.44. The molecule has 1 aromatic heterocycles. The molecule has 2 heterocycles. The van der Waals surface area contributed by atoms with Crippen LogP contribution >= 0.6 is 0 Å². The number of rotatable bonds is 7. The van der Waals surface area contributed by atoms with Gasteiger partial charge in [0.2, 0.25) is 11.8 Å². The van der Waals surface area contributed by atoms with Gasteiger partial charge in [-0.3, -0.25) is 15.0 Å². The number of aromatic nitrogens is 1. The third-order valence-electron chi connectivity index (χ3n) is 5.22. The number of amides is 1. The van der Waals surface area contributed by atoms with Crippen molar-refractivity contribution < 1.29 is 19.2 Å². The van der Waals surface area contributed by atoms with Crippen molar-refractivity contribution in [2.24, 2.45) is 5.92 Å². The van der Waals surface area contributed by atoms with Gasteiger partial charge in [0.05, 0.1) is 17.8 Å². The molecule has 0 aliphatic carbocycles. The SMILES string of the molecule is CN(CC1CCOCC1)C(C)(C)C(=O)Nc1cc(C(C)(C)CO)no1. The quantitative estimate of drug-likeness (QED) is 0.780. The highest BCUT2D eigenvalue weighted by Gasteiger charge is 2.35. The predicted molar refractivity (Wildman–Crippen MR) is 95.5 cm³/mol. The Bertz CT molecular complexity index is 577. The van der Waals surface area contributed by atoms with Crippen molar-refractivity contribution in [3.8, 4) is 0 Å². The van der Waals surface area contributed by atoms with Gasteiger partial charge in [0.25, 0.3) is 0 Å². The van der Waals surface area contributed by atoms with Gasteiger partial charge in [0.1, 0.15) is 0 Å². The second kappa shape index (κ2) is 7.85. The molecule has 0 saturated carbocycles. The average molecular weight is 353 g/mol. The lowest BCUT2D eigenvalue weighted by Crippen LogP contribution is -2.52. The molecule has 0 radical (unpaired) electrons. The molecule has 1 fully saturated rings. The maximum absolute atomic E-state index is 12.7. The first-order chi connectivity index (χ1) is 11.7. The van der Waals surface area contributed by atoms with E-state index in [9.17, 15) is 9.90 Å². The summed E-state index contributed by atoms with van der Waals surface area (Å²) in [6, 6.07) is 1.67. The number of hydrogen-bond acceptors (Lipinski definition) is 6. The number of nitrogens with one attached hydrogen (secondary N) is 1. The van der Waals surface area contributed by atoms with Gasteiger partial charge < -0.3 is 14.4 Å². The lowest BCUT2D eigenvalue weighted by Gasteiger charge is -2.37. The smallest absolute Gasteiger partial charge is 0.246 e. The number of anilines is 1. The Balaban J connectivity index is 1.98. The normalized spacial score (nSPS) is 17.1. The molecule has 0 aromatic carbocycles. The Morgan fingerprint density at radius 1 is 1.36 bits per heavy atom. The standard InChI is InChI=1S/C18H31N3O4/c1-17(2,12-22)14-10-15(25-20-14)19-16(23)18(3,4)21(5)11-13-6-8-24-9-7-13/h10,13,22H,6-9,11-12H2,1-5H3,(H,19,23). The third kappa shape index (κ3) is 4.80. The second-order valence-corrected chi connectivity index (χ2v) is 8.07. The fourth-order valence-electron chi connectivity index (χ4n) is 2.72. The van der Waals surface area contributed by atoms with E-state index in [1.54, 1.807) is 6.07 Å². The summed E-state index contributed by atoms with van der Waals surface area (Å²) in [7, 11) is 1.97. The number of aliphatic hydroxyl groups excluding tert-OH is 1. The highest BCUT2D eigenvalue weighted by molar-refractivity contribution is 5.96. The van der Waals surface area contributed by atoms with Crippen molar-refractivity contribution in [1.29, 1.82) is 0 Å². The Kier molecular flexibility index (Phi) is 6.24. The molecule has 0 bridgehead atoms. The number of hydrogen-bond donors (Lipinski definition) is 2. The summed E-state index contributed by atoms with van der Waals surface area (Å²) in [6.45, 7) is 9.92. The van der Waals surface area contributed by atoms with Crippen LogP contribution in [0, 0.1) is 5.92 Å². The fourth-order valence-corrected chi connectivity index (χ4v) is 2.72. The van der Waals surface area contributed by atoms with Gasteiger partial charge in [0.15, 0.2) is 0 Å². The maximum atomic E-state index is 12.7. The van der Waals surface area contributed by atoms with E-state index in [-0.39, 0.29) is 12.5 Å². The van der Waals surface area contributed by atoms with E-state index in [4.69, 9.17) is 9.26 Å². The van der Waals surface area contributed by atoms with Gasteiger partial charge in [0, 0.05) is 31.2 Å². The molecule has 25 heavy (non-hydrogen) atoms. The third-order valence-corrected chi connectivity index (χ3v) is 5.22. The van der Waals surface area contributed by atoms with Crippen LogP contribution in [0.15, 0.2) is 10.6 Å². The molecule has 0 unspecified atom stereocenters. The molecular formula is C18H31N3O4. The zero-order valence-electron chi connectivity index (χ0n) is 16.0. The minimum absolute atomic E-state index is 0.0494. The van der Waals surface area contributed by atoms with Crippen LogP contribution in [0.2, 0.25) is 0 Å². The molecule has 0 spiro atoms. The van der Waals surface area contributed by atoms with Crippen molar-refractivity contribution >= 4 is 11.8 Å². The van der Waals surface area contributed by atoms with Gasteiger partial charge >= 0.3 is 0 Å². The monoisotopic (exact) mass is 353 g/mol. The van der Waals surface area contributed by atoms with E-state index in [0.717, 1.165) is 32.6 Å². The number of nitrogens with zero attached hydrogens (tertiary/aromatic N) is 2. The summed E-state index contributed by atoms with van der Waals surface area (Å²) in [5.74, 6) is 0.702. The van der Waals surface area contributed by atoms with Crippen LogP contribution in [0.4, 0.5) is 5.88 Å². The Morgan fingerprint density at radius 2 is 2.00 bits per heavy atom. The zero-order chi connectivity index (χ0) is 18.7. The van der Waals surface area contributed by atoms with Crippen LogP contribution in [-0.4, -0.2) is 60.0 Å². The zero-order valence-corrected chi connectivity index (χ0v) is 16.0. The number of ether oxygens (including phenoxy) is 1. The Labute approximate surface area is 149 Å². The number of carbonyl (C=O) groups is 1. The fraction of sp³-hybridized carbons (Fsp3) is 0.778. The van der Waals surface area contributed by atoms with E-state index in [2.05, 4.69) is 15.4 Å². The van der Waals surface area contributed by atoms with Gasteiger partial charge in [-0.05, 0) is 39.7 Å². The van der Waals surface area contributed by atoms with Crippen LogP contribution in [0.3, 0.4) is 0 Å². The molecule has 0 atom stereocenters. The first-order valence-electron chi connectivity index (χ1n) is 8.85. The highest BCUT2D eigenvalue weighted by atomic mass is 16.5. The molecule has 142 valence electrons. The van der Waals surface area contributed by atoms with Gasteiger partial charge in [-0.15, -0.1) is 0 Å². The minimum Gasteiger partial charge on any atom is -0.395 e. The molecule has 7 nitrogen and oxygen atoms in total. The highest BCUT2D eigenvalue weighted by Crippen LogP contribution is 2.26. The summed E-state index contributed by atoms with van der Waals surface area (Å²) >= 11 is 0. The lowest BCUT2D eigenvalue weighted by atomic mass is 9.91. The van der Waals surface area contributed by atoms with E-state index < -0.39 is 11.0 Å². The van der Waals surface area contributed by atoms with E-state index in [0.29, 0.717) is 17.5 Å². The van der Waals surface area contributed by atoms with Crippen molar-refractivity contribution in [2.45, 2.75) is 51.5 Å². The van der Waals surface area contributed by atoms with Crippen LogP contribution < -0.4 is 5.32 Å². The largest absolute Gasteiger partial charge is 0.395 e. The predicted octanol–water partition coefficient (Wildman–Crippen LogP) is 2.02. The number of aliphatic hydroxyl groups is 1. The number of likely N-dealkylation sites (N-methyl/N-ethyl adjacent to an activating group) is 1.